The summed E-state index contributed by atoms with van der Waals surface area (Å²) in [6.45, 7) is 11.8. The van der Waals surface area contributed by atoms with E-state index in [1.54, 1.807) is 0 Å². The Morgan fingerprint density at radius 3 is 2.62 bits per heavy atom. The van der Waals surface area contributed by atoms with Gasteiger partial charge in [0.15, 0.2) is 5.96 Å². The topological polar surface area (TPSA) is 39.7 Å². The first kappa shape index (κ1) is 16.0. The van der Waals surface area contributed by atoms with E-state index in [0.29, 0.717) is 6.04 Å². The molecule has 5 heteroatoms. The monoisotopic (exact) mass is 340 g/mol. The summed E-state index contributed by atoms with van der Waals surface area (Å²) < 4.78 is 0. The van der Waals surface area contributed by atoms with Crippen molar-refractivity contribution in [3.63, 3.8) is 0 Å². The Bertz CT molecular complexity index is 204. The highest BCUT2D eigenvalue weighted by Gasteiger charge is 2.10. The average Bonchev–Trinajstić information content (AvgIpc) is 2.29. The minimum absolute atomic E-state index is 0. The highest BCUT2D eigenvalue weighted by atomic mass is 127. The SMILES string of the molecule is CCN(CC)C(C)CNC1=NCCCN1.I. The summed E-state index contributed by atoms with van der Waals surface area (Å²) in [6.07, 6.45) is 1.15. The summed E-state index contributed by atoms with van der Waals surface area (Å²) in [5, 5.41) is 6.64. The highest BCUT2D eigenvalue weighted by Crippen LogP contribution is 1.96. The van der Waals surface area contributed by atoms with Crippen molar-refractivity contribution in [1.29, 1.82) is 0 Å². The molecule has 1 atom stereocenters. The molecular formula is C11H25IN4. The largest absolute Gasteiger partial charge is 0.356 e. The lowest BCUT2D eigenvalue weighted by Crippen LogP contribution is -2.47. The van der Waals surface area contributed by atoms with Gasteiger partial charge in [-0.2, -0.15) is 0 Å². The molecule has 0 bridgehead atoms. The lowest BCUT2D eigenvalue weighted by molar-refractivity contribution is 0.231. The Labute approximate surface area is 116 Å². The second-order valence-electron chi connectivity index (χ2n) is 3.96. The predicted molar refractivity (Wildman–Crippen MR) is 80.7 cm³/mol. The van der Waals surface area contributed by atoms with Gasteiger partial charge in [-0.1, -0.05) is 13.8 Å². The zero-order chi connectivity index (χ0) is 11.1. The maximum absolute atomic E-state index is 4.39. The summed E-state index contributed by atoms with van der Waals surface area (Å²) in [5.74, 6) is 0.972. The number of likely N-dealkylation sites (N-methyl/N-ethyl adjacent to an activating group) is 1. The summed E-state index contributed by atoms with van der Waals surface area (Å²) in [5.41, 5.74) is 0. The Balaban J connectivity index is 0.00000225. The molecule has 1 aliphatic heterocycles. The third-order valence-corrected chi connectivity index (χ3v) is 2.90. The minimum atomic E-state index is 0. The number of hydrogen-bond acceptors (Lipinski definition) is 4. The maximum Gasteiger partial charge on any atom is 0.191 e. The minimum Gasteiger partial charge on any atom is -0.356 e. The van der Waals surface area contributed by atoms with Crippen LogP contribution in [0.25, 0.3) is 0 Å². The second kappa shape index (κ2) is 9.04. The van der Waals surface area contributed by atoms with E-state index in [1.165, 1.54) is 0 Å². The van der Waals surface area contributed by atoms with E-state index < -0.39 is 0 Å². The lowest BCUT2D eigenvalue weighted by Gasteiger charge is -2.27. The van der Waals surface area contributed by atoms with Crippen LogP contribution >= 0.6 is 24.0 Å². The molecular weight excluding hydrogens is 315 g/mol. The van der Waals surface area contributed by atoms with Gasteiger partial charge < -0.3 is 10.6 Å². The number of guanidine groups is 1. The van der Waals surface area contributed by atoms with Crippen molar-refractivity contribution in [2.75, 3.05) is 32.7 Å². The molecule has 96 valence electrons. The molecule has 0 aromatic carbocycles. The molecule has 1 heterocycles. The van der Waals surface area contributed by atoms with Gasteiger partial charge in [0.25, 0.3) is 0 Å². The Morgan fingerprint density at radius 2 is 2.12 bits per heavy atom. The van der Waals surface area contributed by atoms with Crippen LogP contribution in [0.1, 0.15) is 27.2 Å². The number of nitrogens with zero attached hydrogens (tertiary/aromatic N) is 2. The number of aliphatic imine (C=N–C) groups is 1. The van der Waals surface area contributed by atoms with Gasteiger partial charge in [-0.3, -0.25) is 9.89 Å². The van der Waals surface area contributed by atoms with Crippen LogP contribution in [-0.2, 0) is 0 Å². The van der Waals surface area contributed by atoms with Gasteiger partial charge in [0, 0.05) is 25.7 Å². The smallest absolute Gasteiger partial charge is 0.191 e. The van der Waals surface area contributed by atoms with E-state index in [-0.39, 0.29) is 24.0 Å². The molecule has 1 aliphatic rings. The Hall–Kier alpha value is -0.0400. The van der Waals surface area contributed by atoms with Gasteiger partial charge in [-0.05, 0) is 26.4 Å². The quantitative estimate of drug-likeness (QED) is 0.741. The average molecular weight is 340 g/mol. The van der Waals surface area contributed by atoms with Crippen LogP contribution in [0, 0.1) is 0 Å². The third-order valence-electron chi connectivity index (χ3n) is 2.90. The van der Waals surface area contributed by atoms with E-state index in [1.807, 2.05) is 0 Å². The number of nitrogens with one attached hydrogen (secondary N) is 2. The first-order chi connectivity index (χ1) is 7.27. The van der Waals surface area contributed by atoms with Crippen LogP contribution in [0.2, 0.25) is 0 Å². The second-order valence-corrected chi connectivity index (χ2v) is 3.96. The summed E-state index contributed by atoms with van der Waals surface area (Å²) >= 11 is 0. The number of hydrogen-bond donors (Lipinski definition) is 2. The zero-order valence-electron chi connectivity index (χ0n) is 10.6. The van der Waals surface area contributed by atoms with Crippen molar-refractivity contribution in [2.24, 2.45) is 4.99 Å². The van der Waals surface area contributed by atoms with Gasteiger partial charge in [-0.15, -0.1) is 24.0 Å². The molecule has 1 rings (SSSR count). The Morgan fingerprint density at radius 1 is 1.44 bits per heavy atom. The van der Waals surface area contributed by atoms with Crippen LogP contribution < -0.4 is 10.6 Å². The first-order valence-electron chi connectivity index (χ1n) is 6.04. The van der Waals surface area contributed by atoms with Gasteiger partial charge in [0.05, 0.1) is 0 Å². The normalized spacial score (nSPS) is 17.1. The van der Waals surface area contributed by atoms with Crippen LogP contribution in [0.3, 0.4) is 0 Å². The van der Waals surface area contributed by atoms with E-state index in [0.717, 1.165) is 45.1 Å². The van der Waals surface area contributed by atoms with Crippen LogP contribution in [0.4, 0.5) is 0 Å². The van der Waals surface area contributed by atoms with Gasteiger partial charge in [0.1, 0.15) is 0 Å². The predicted octanol–water partition coefficient (Wildman–Crippen LogP) is 1.27. The first-order valence-corrected chi connectivity index (χ1v) is 6.04. The third kappa shape index (κ3) is 5.34. The van der Waals surface area contributed by atoms with Crippen molar-refractivity contribution in [2.45, 2.75) is 33.2 Å². The molecule has 0 amide bonds. The molecule has 0 radical (unpaired) electrons. The van der Waals surface area contributed by atoms with Gasteiger partial charge in [0.2, 0.25) is 0 Å². The molecule has 0 saturated carbocycles. The summed E-state index contributed by atoms with van der Waals surface area (Å²) in [7, 11) is 0. The highest BCUT2D eigenvalue weighted by molar-refractivity contribution is 14.0. The van der Waals surface area contributed by atoms with E-state index in [4.69, 9.17) is 0 Å². The lowest BCUT2D eigenvalue weighted by atomic mass is 10.3. The van der Waals surface area contributed by atoms with Gasteiger partial charge in [-0.25, -0.2) is 0 Å². The molecule has 1 unspecified atom stereocenters. The zero-order valence-corrected chi connectivity index (χ0v) is 13.0. The molecule has 0 aromatic heterocycles. The summed E-state index contributed by atoms with van der Waals surface area (Å²) in [4.78, 5) is 6.83. The Kier molecular flexibility index (Phi) is 9.02. The molecule has 0 aliphatic carbocycles. The maximum atomic E-state index is 4.39. The van der Waals surface area contributed by atoms with Crippen molar-refractivity contribution < 1.29 is 0 Å². The fraction of sp³-hybridized carbons (Fsp3) is 0.909. The van der Waals surface area contributed by atoms with Crippen LogP contribution in [0.15, 0.2) is 4.99 Å². The van der Waals surface area contributed by atoms with Crippen molar-refractivity contribution in [3.8, 4) is 0 Å². The fourth-order valence-electron chi connectivity index (χ4n) is 1.87. The fourth-order valence-corrected chi connectivity index (χ4v) is 1.87. The van der Waals surface area contributed by atoms with E-state index >= 15 is 0 Å². The number of halogens is 1. The van der Waals surface area contributed by atoms with E-state index in [9.17, 15) is 0 Å². The molecule has 2 N–H and O–H groups in total. The molecule has 0 spiro atoms. The standard InChI is InChI=1S/C11H24N4.HI/c1-4-15(5-2)10(3)9-14-11-12-7-6-8-13-11;/h10H,4-9H2,1-3H3,(H2,12,13,14);1H. The van der Waals surface area contributed by atoms with Crippen LogP contribution in [-0.4, -0.2) is 49.6 Å². The van der Waals surface area contributed by atoms with E-state index in [2.05, 4.69) is 41.3 Å². The molecule has 0 fully saturated rings. The van der Waals surface area contributed by atoms with Crippen molar-refractivity contribution in [1.82, 2.24) is 15.5 Å². The molecule has 0 aromatic rings. The molecule has 4 nitrogen and oxygen atoms in total. The van der Waals surface area contributed by atoms with Gasteiger partial charge >= 0.3 is 0 Å². The van der Waals surface area contributed by atoms with Crippen molar-refractivity contribution in [3.05, 3.63) is 0 Å². The number of rotatable bonds is 5. The summed E-state index contributed by atoms with van der Waals surface area (Å²) in [6, 6.07) is 0.562. The molecule has 0 saturated heterocycles. The van der Waals surface area contributed by atoms with Crippen LogP contribution in [0.5, 0.6) is 0 Å². The molecule has 16 heavy (non-hydrogen) atoms. The van der Waals surface area contributed by atoms with Crippen molar-refractivity contribution >= 4 is 29.9 Å².